The summed E-state index contributed by atoms with van der Waals surface area (Å²) in [6, 6.07) is 6.57. The Morgan fingerprint density at radius 3 is 2.60 bits per heavy atom. The molecule has 1 heterocycles. The molecule has 0 bridgehead atoms. The third kappa shape index (κ3) is 2.98. The van der Waals surface area contributed by atoms with Crippen molar-refractivity contribution in [2.45, 2.75) is 18.4 Å². The largest absolute Gasteiger partial charge is 0.352 e. The van der Waals surface area contributed by atoms with E-state index < -0.39 is 10.0 Å². The van der Waals surface area contributed by atoms with Crippen LogP contribution in [-0.4, -0.2) is 13.0 Å². The first kappa shape index (κ1) is 14.9. The molecule has 3 N–H and O–H groups in total. The molecular formula is C13H16ClN3O2S. The number of rotatable bonds is 4. The summed E-state index contributed by atoms with van der Waals surface area (Å²) in [5, 5.41) is 0.515. The summed E-state index contributed by atoms with van der Waals surface area (Å²) in [6.07, 6.45) is 1.53. The monoisotopic (exact) mass is 313 g/mol. The van der Waals surface area contributed by atoms with Crippen LogP contribution in [0.5, 0.6) is 0 Å². The second-order valence-electron chi connectivity index (χ2n) is 4.55. The maximum absolute atomic E-state index is 12.3. The molecule has 108 valence electrons. The Kier molecular flexibility index (Phi) is 4.08. The van der Waals surface area contributed by atoms with Gasteiger partial charge in [-0.15, -0.1) is 0 Å². The van der Waals surface area contributed by atoms with Gasteiger partial charge in [0.05, 0.1) is 5.69 Å². The number of anilines is 1. The third-order valence-electron chi connectivity index (χ3n) is 3.03. The molecular weight excluding hydrogens is 298 g/mol. The van der Waals surface area contributed by atoms with Crippen LogP contribution in [0.4, 0.5) is 5.69 Å². The molecule has 2 rings (SSSR count). The Labute approximate surface area is 123 Å². The highest BCUT2D eigenvalue weighted by molar-refractivity contribution is 7.92. The van der Waals surface area contributed by atoms with Gasteiger partial charge >= 0.3 is 0 Å². The molecule has 0 atom stereocenters. The van der Waals surface area contributed by atoms with Crippen LogP contribution in [0.3, 0.4) is 0 Å². The van der Waals surface area contributed by atoms with Gasteiger partial charge < -0.3 is 10.3 Å². The standard InChI is InChI=1S/C13H16ClN3O2S/c1-9-3-4-10(5-13(9)14)16-20(18,19)12-6-11(7-15)17(2)8-12/h3-6,8,16H,7,15H2,1-2H3. The predicted octanol–water partition coefficient (Wildman–Crippen LogP) is 2.25. The number of aryl methyl sites for hydroxylation is 2. The summed E-state index contributed by atoms with van der Waals surface area (Å²) in [6.45, 7) is 2.13. The van der Waals surface area contributed by atoms with E-state index in [0.29, 0.717) is 10.7 Å². The van der Waals surface area contributed by atoms with Crippen molar-refractivity contribution in [3.8, 4) is 0 Å². The molecule has 20 heavy (non-hydrogen) atoms. The van der Waals surface area contributed by atoms with Gasteiger partial charge in [0.15, 0.2) is 0 Å². The number of hydrogen-bond donors (Lipinski definition) is 2. The van der Waals surface area contributed by atoms with Crippen molar-refractivity contribution < 1.29 is 8.42 Å². The van der Waals surface area contributed by atoms with Crippen LogP contribution in [0.25, 0.3) is 0 Å². The van der Waals surface area contributed by atoms with Gasteiger partial charge in [-0.2, -0.15) is 0 Å². The quantitative estimate of drug-likeness (QED) is 0.908. The Hall–Kier alpha value is -1.50. The molecule has 2 aromatic rings. The van der Waals surface area contributed by atoms with E-state index in [2.05, 4.69) is 4.72 Å². The maximum atomic E-state index is 12.3. The van der Waals surface area contributed by atoms with Gasteiger partial charge in [-0.05, 0) is 30.7 Å². The van der Waals surface area contributed by atoms with Crippen molar-refractivity contribution in [3.63, 3.8) is 0 Å². The SMILES string of the molecule is Cc1ccc(NS(=O)(=O)c2cc(CN)n(C)c2)cc1Cl. The summed E-state index contributed by atoms with van der Waals surface area (Å²) in [4.78, 5) is 0.178. The number of sulfonamides is 1. The number of nitrogens with one attached hydrogen (secondary N) is 1. The van der Waals surface area contributed by atoms with Gasteiger partial charge in [0.1, 0.15) is 4.90 Å². The smallest absolute Gasteiger partial charge is 0.263 e. The lowest BCUT2D eigenvalue weighted by molar-refractivity contribution is 0.601. The van der Waals surface area contributed by atoms with E-state index in [9.17, 15) is 8.42 Å². The lowest BCUT2D eigenvalue weighted by atomic mass is 10.2. The topological polar surface area (TPSA) is 77.1 Å². The van der Waals surface area contributed by atoms with E-state index >= 15 is 0 Å². The van der Waals surface area contributed by atoms with Crippen LogP contribution in [0.15, 0.2) is 35.4 Å². The number of benzene rings is 1. The fourth-order valence-corrected chi connectivity index (χ4v) is 3.12. The molecule has 0 aliphatic rings. The molecule has 0 saturated carbocycles. The molecule has 0 aliphatic heterocycles. The zero-order chi connectivity index (χ0) is 14.9. The summed E-state index contributed by atoms with van der Waals surface area (Å²) >= 11 is 5.99. The summed E-state index contributed by atoms with van der Waals surface area (Å²) in [7, 11) is -1.89. The van der Waals surface area contributed by atoms with Crippen molar-refractivity contribution in [1.29, 1.82) is 0 Å². The molecule has 1 aromatic carbocycles. The van der Waals surface area contributed by atoms with Gasteiger partial charge in [-0.25, -0.2) is 8.42 Å². The number of hydrogen-bond acceptors (Lipinski definition) is 3. The van der Waals surface area contributed by atoms with E-state index in [4.69, 9.17) is 17.3 Å². The van der Waals surface area contributed by atoms with Crippen LogP contribution < -0.4 is 10.5 Å². The van der Waals surface area contributed by atoms with Crippen LogP contribution in [0, 0.1) is 6.92 Å². The molecule has 0 aliphatic carbocycles. The van der Waals surface area contributed by atoms with Gasteiger partial charge in [0.2, 0.25) is 0 Å². The molecule has 0 fully saturated rings. The van der Waals surface area contributed by atoms with Crippen LogP contribution in [0.1, 0.15) is 11.3 Å². The molecule has 1 aromatic heterocycles. The summed E-state index contributed by atoms with van der Waals surface area (Å²) < 4.78 is 28.7. The zero-order valence-corrected chi connectivity index (χ0v) is 12.8. The van der Waals surface area contributed by atoms with E-state index in [0.717, 1.165) is 11.3 Å². The first-order valence-electron chi connectivity index (χ1n) is 5.98. The van der Waals surface area contributed by atoms with Gasteiger partial charge in [-0.3, -0.25) is 4.72 Å². The van der Waals surface area contributed by atoms with E-state index in [1.54, 1.807) is 35.9 Å². The Balaban J connectivity index is 2.32. The maximum Gasteiger partial charge on any atom is 0.263 e. The lowest BCUT2D eigenvalue weighted by Crippen LogP contribution is -2.12. The highest BCUT2D eigenvalue weighted by Crippen LogP contribution is 2.23. The van der Waals surface area contributed by atoms with Gasteiger partial charge in [0.25, 0.3) is 10.0 Å². The minimum Gasteiger partial charge on any atom is -0.352 e. The molecule has 0 unspecified atom stereocenters. The molecule has 0 amide bonds. The lowest BCUT2D eigenvalue weighted by Gasteiger charge is -2.07. The minimum absolute atomic E-state index is 0.178. The Morgan fingerprint density at radius 1 is 1.35 bits per heavy atom. The normalized spacial score (nSPS) is 11.6. The summed E-state index contributed by atoms with van der Waals surface area (Å²) in [5.74, 6) is 0. The summed E-state index contributed by atoms with van der Waals surface area (Å²) in [5.41, 5.74) is 7.60. The second kappa shape index (κ2) is 5.47. The fraction of sp³-hybridized carbons (Fsp3) is 0.231. The molecule has 0 radical (unpaired) electrons. The van der Waals surface area contributed by atoms with Gasteiger partial charge in [-0.1, -0.05) is 17.7 Å². The second-order valence-corrected chi connectivity index (χ2v) is 6.64. The fourth-order valence-electron chi connectivity index (χ4n) is 1.80. The first-order chi connectivity index (χ1) is 9.33. The first-order valence-corrected chi connectivity index (χ1v) is 7.84. The highest BCUT2D eigenvalue weighted by Gasteiger charge is 2.17. The van der Waals surface area contributed by atoms with E-state index in [1.165, 1.54) is 6.20 Å². The average Bonchev–Trinajstić information content (AvgIpc) is 2.76. The van der Waals surface area contributed by atoms with E-state index in [1.807, 2.05) is 6.92 Å². The highest BCUT2D eigenvalue weighted by atomic mass is 35.5. The van der Waals surface area contributed by atoms with Crippen molar-refractivity contribution in [3.05, 3.63) is 46.7 Å². The van der Waals surface area contributed by atoms with E-state index in [-0.39, 0.29) is 11.4 Å². The van der Waals surface area contributed by atoms with Crippen molar-refractivity contribution in [2.24, 2.45) is 12.8 Å². The van der Waals surface area contributed by atoms with Crippen LogP contribution in [-0.2, 0) is 23.6 Å². The number of nitrogens with two attached hydrogens (primary N) is 1. The minimum atomic E-state index is -3.64. The number of nitrogens with zero attached hydrogens (tertiary/aromatic N) is 1. The zero-order valence-electron chi connectivity index (χ0n) is 11.2. The number of halogens is 1. The molecule has 5 nitrogen and oxygen atoms in total. The van der Waals surface area contributed by atoms with Gasteiger partial charge in [0, 0.05) is 30.5 Å². The van der Waals surface area contributed by atoms with Crippen molar-refractivity contribution in [2.75, 3.05) is 4.72 Å². The number of aromatic nitrogens is 1. The third-order valence-corrected chi connectivity index (χ3v) is 4.78. The molecule has 0 spiro atoms. The average molecular weight is 314 g/mol. The molecule has 7 heteroatoms. The van der Waals surface area contributed by atoms with Crippen molar-refractivity contribution >= 4 is 27.3 Å². The van der Waals surface area contributed by atoms with Crippen LogP contribution >= 0.6 is 11.6 Å². The Bertz CT molecular complexity index is 738. The predicted molar refractivity (Wildman–Crippen MR) is 80.3 cm³/mol. The Morgan fingerprint density at radius 2 is 2.05 bits per heavy atom. The molecule has 0 saturated heterocycles. The van der Waals surface area contributed by atoms with Crippen LogP contribution in [0.2, 0.25) is 5.02 Å². The van der Waals surface area contributed by atoms with Crippen molar-refractivity contribution in [1.82, 2.24) is 4.57 Å².